The Kier molecular flexibility index (Phi) is 6.75. The number of benzene rings is 2. The second-order valence-corrected chi connectivity index (χ2v) is 7.74. The van der Waals surface area contributed by atoms with E-state index in [2.05, 4.69) is 64.7 Å². The molecule has 1 heterocycles. The average molecular weight is 385 g/mol. The molecule has 0 aliphatic carbocycles. The molecule has 6 nitrogen and oxygen atoms in total. The van der Waals surface area contributed by atoms with Crippen molar-refractivity contribution >= 4 is 16.7 Å². The largest absolute Gasteiger partial charge is 0.497 e. The number of nitrogens with zero attached hydrogens (tertiary/aromatic N) is 2. The molecule has 0 spiro atoms. The molecule has 2 aromatic rings. The van der Waals surface area contributed by atoms with E-state index in [4.69, 9.17) is 9.47 Å². The first-order valence-electron chi connectivity index (χ1n) is 9.86. The second kappa shape index (κ2) is 9.26. The van der Waals surface area contributed by atoms with Gasteiger partial charge in [-0.05, 0) is 48.4 Å². The number of fused-ring (bicyclic) bond motifs is 1. The van der Waals surface area contributed by atoms with Crippen LogP contribution < -0.4 is 15.4 Å². The standard InChI is InChI=1S/C22H32N4O2/c1-22(2,26-9-11-28-12-10-26)16-25-21(23-3)24-15-17-5-6-19-14-20(27-4)8-7-18(19)13-17/h5-8,13-14H,9-12,15-16H2,1-4H3,(H2,23,24,25). The number of methoxy groups -OCH3 is 1. The number of morpholine rings is 1. The van der Waals surface area contributed by atoms with Crippen LogP contribution in [0.25, 0.3) is 10.8 Å². The zero-order chi connectivity index (χ0) is 20.0. The Labute approximate surface area is 167 Å². The van der Waals surface area contributed by atoms with Crippen molar-refractivity contribution in [2.24, 2.45) is 4.99 Å². The van der Waals surface area contributed by atoms with Crippen LogP contribution >= 0.6 is 0 Å². The molecule has 1 aliphatic heterocycles. The third-order valence-electron chi connectivity index (χ3n) is 5.35. The lowest BCUT2D eigenvalue weighted by atomic mass is 10.0. The Morgan fingerprint density at radius 3 is 2.54 bits per heavy atom. The van der Waals surface area contributed by atoms with Crippen molar-refractivity contribution in [3.63, 3.8) is 0 Å². The molecule has 3 rings (SSSR count). The Balaban J connectivity index is 1.55. The fourth-order valence-electron chi connectivity index (χ4n) is 3.50. The summed E-state index contributed by atoms with van der Waals surface area (Å²) in [7, 11) is 3.50. The first kappa shape index (κ1) is 20.4. The van der Waals surface area contributed by atoms with E-state index in [1.54, 1.807) is 7.11 Å². The molecule has 28 heavy (non-hydrogen) atoms. The first-order valence-corrected chi connectivity index (χ1v) is 9.86. The van der Waals surface area contributed by atoms with E-state index in [9.17, 15) is 0 Å². The van der Waals surface area contributed by atoms with Crippen LogP contribution in [0.15, 0.2) is 41.4 Å². The lowest BCUT2D eigenvalue weighted by Crippen LogP contribution is -2.56. The van der Waals surface area contributed by atoms with Crippen molar-refractivity contribution in [2.45, 2.75) is 25.9 Å². The summed E-state index contributed by atoms with van der Waals surface area (Å²) in [6, 6.07) is 12.6. The molecule has 0 aromatic heterocycles. The van der Waals surface area contributed by atoms with Gasteiger partial charge in [-0.1, -0.05) is 18.2 Å². The maximum absolute atomic E-state index is 5.47. The summed E-state index contributed by atoms with van der Waals surface area (Å²) in [5, 5.41) is 9.27. The fourth-order valence-corrected chi connectivity index (χ4v) is 3.50. The van der Waals surface area contributed by atoms with Gasteiger partial charge in [0, 0.05) is 38.8 Å². The molecule has 152 valence electrons. The predicted octanol–water partition coefficient (Wildman–Crippen LogP) is 2.62. The molecule has 0 radical (unpaired) electrons. The second-order valence-electron chi connectivity index (χ2n) is 7.74. The molecule has 1 saturated heterocycles. The Morgan fingerprint density at radius 1 is 1.11 bits per heavy atom. The molecular weight excluding hydrogens is 352 g/mol. The molecule has 0 unspecified atom stereocenters. The van der Waals surface area contributed by atoms with Crippen molar-refractivity contribution in [1.82, 2.24) is 15.5 Å². The van der Waals surface area contributed by atoms with Gasteiger partial charge in [-0.3, -0.25) is 9.89 Å². The minimum Gasteiger partial charge on any atom is -0.497 e. The number of ether oxygens (including phenoxy) is 2. The van der Waals surface area contributed by atoms with Crippen LogP contribution in [0.3, 0.4) is 0 Å². The van der Waals surface area contributed by atoms with Crippen molar-refractivity contribution in [3.8, 4) is 5.75 Å². The van der Waals surface area contributed by atoms with Gasteiger partial charge >= 0.3 is 0 Å². The SMILES string of the molecule is CN=C(NCc1ccc2cc(OC)ccc2c1)NCC(C)(C)N1CCOCC1. The van der Waals surface area contributed by atoms with Gasteiger partial charge in [-0.25, -0.2) is 0 Å². The first-order chi connectivity index (χ1) is 13.5. The summed E-state index contributed by atoms with van der Waals surface area (Å²) in [6.45, 7) is 9.63. The minimum atomic E-state index is 0.0450. The number of nitrogens with one attached hydrogen (secondary N) is 2. The van der Waals surface area contributed by atoms with Gasteiger partial charge < -0.3 is 20.1 Å². The topological polar surface area (TPSA) is 58.1 Å². The van der Waals surface area contributed by atoms with Crippen LogP contribution in [0.2, 0.25) is 0 Å². The van der Waals surface area contributed by atoms with Gasteiger partial charge in [0.1, 0.15) is 5.75 Å². The summed E-state index contributed by atoms with van der Waals surface area (Å²) >= 11 is 0. The summed E-state index contributed by atoms with van der Waals surface area (Å²) in [5.41, 5.74) is 1.26. The molecule has 0 saturated carbocycles. The minimum absolute atomic E-state index is 0.0450. The highest BCUT2D eigenvalue weighted by atomic mass is 16.5. The number of rotatable bonds is 6. The van der Waals surface area contributed by atoms with Gasteiger partial charge in [-0.15, -0.1) is 0 Å². The van der Waals surface area contributed by atoms with E-state index >= 15 is 0 Å². The van der Waals surface area contributed by atoms with Crippen LogP contribution in [-0.2, 0) is 11.3 Å². The van der Waals surface area contributed by atoms with Crippen molar-refractivity contribution in [2.75, 3.05) is 47.0 Å². The lowest BCUT2D eigenvalue weighted by molar-refractivity contribution is -0.00834. The molecular formula is C22H32N4O2. The average Bonchev–Trinajstić information content (AvgIpc) is 2.74. The lowest BCUT2D eigenvalue weighted by Gasteiger charge is -2.41. The summed E-state index contributed by atoms with van der Waals surface area (Å²) in [5.74, 6) is 1.70. The third-order valence-corrected chi connectivity index (χ3v) is 5.35. The van der Waals surface area contributed by atoms with E-state index in [-0.39, 0.29) is 5.54 Å². The van der Waals surface area contributed by atoms with Crippen molar-refractivity contribution in [3.05, 3.63) is 42.0 Å². The maximum Gasteiger partial charge on any atom is 0.191 e. The van der Waals surface area contributed by atoms with E-state index in [1.165, 1.54) is 16.3 Å². The molecule has 0 bridgehead atoms. The van der Waals surface area contributed by atoms with Crippen LogP contribution in [-0.4, -0.2) is 63.4 Å². The zero-order valence-corrected chi connectivity index (χ0v) is 17.4. The van der Waals surface area contributed by atoms with Gasteiger partial charge in [-0.2, -0.15) is 0 Å². The zero-order valence-electron chi connectivity index (χ0n) is 17.4. The van der Waals surface area contributed by atoms with E-state index in [0.29, 0.717) is 0 Å². The quantitative estimate of drug-likeness (QED) is 0.592. The summed E-state index contributed by atoms with van der Waals surface area (Å²) in [4.78, 5) is 6.84. The number of aliphatic imine (C=N–C) groups is 1. The predicted molar refractivity (Wildman–Crippen MR) is 115 cm³/mol. The Bertz CT molecular complexity index is 813. The maximum atomic E-state index is 5.47. The van der Waals surface area contributed by atoms with Crippen molar-refractivity contribution in [1.29, 1.82) is 0 Å². The monoisotopic (exact) mass is 384 g/mol. The molecule has 2 aromatic carbocycles. The van der Waals surface area contributed by atoms with E-state index < -0.39 is 0 Å². The number of hydrogen-bond donors (Lipinski definition) is 2. The van der Waals surface area contributed by atoms with Gasteiger partial charge in [0.2, 0.25) is 0 Å². The molecule has 0 amide bonds. The summed E-state index contributed by atoms with van der Waals surface area (Å²) in [6.07, 6.45) is 0. The van der Waals surface area contributed by atoms with E-state index in [1.807, 2.05) is 13.1 Å². The Morgan fingerprint density at radius 2 is 1.82 bits per heavy atom. The molecule has 1 fully saturated rings. The molecule has 1 aliphatic rings. The van der Waals surface area contributed by atoms with E-state index in [0.717, 1.165) is 51.1 Å². The highest BCUT2D eigenvalue weighted by Crippen LogP contribution is 2.22. The number of guanidine groups is 1. The molecule has 2 N–H and O–H groups in total. The van der Waals surface area contributed by atoms with Crippen molar-refractivity contribution < 1.29 is 9.47 Å². The Hall–Kier alpha value is -2.31. The molecule has 0 atom stereocenters. The van der Waals surface area contributed by atoms with Gasteiger partial charge in [0.25, 0.3) is 0 Å². The van der Waals surface area contributed by atoms with Crippen LogP contribution in [0, 0.1) is 0 Å². The fraction of sp³-hybridized carbons (Fsp3) is 0.500. The van der Waals surface area contributed by atoms with Crippen LogP contribution in [0.5, 0.6) is 5.75 Å². The number of hydrogen-bond acceptors (Lipinski definition) is 4. The van der Waals surface area contributed by atoms with Crippen LogP contribution in [0.1, 0.15) is 19.4 Å². The van der Waals surface area contributed by atoms with Gasteiger partial charge in [0.05, 0.1) is 20.3 Å². The normalized spacial score (nSPS) is 16.2. The highest BCUT2D eigenvalue weighted by Gasteiger charge is 2.28. The summed E-state index contributed by atoms with van der Waals surface area (Å²) < 4.78 is 10.8. The smallest absolute Gasteiger partial charge is 0.191 e. The van der Waals surface area contributed by atoms with Crippen LogP contribution in [0.4, 0.5) is 0 Å². The van der Waals surface area contributed by atoms with Gasteiger partial charge in [0.15, 0.2) is 5.96 Å². The molecule has 6 heteroatoms. The highest BCUT2D eigenvalue weighted by molar-refractivity contribution is 5.85. The third kappa shape index (κ3) is 5.14.